The van der Waals surface area contributed by atoms with Crippen LogP contribution in [0.15, 0.2) is 42.5 Å². The molecular weight excluding hydrogens is 252 g/mol. The van der Waals surface area contributed by atoms with Crippen LogP contribution in [0.2, 0.25) is 0 Å². The summed E-state index contributed by atoms with van der Waals surface area (Å²) in [5, 5.41) is 10.9. The average molecular weight is 270 g/mol. The van der Waals surface area contributed by atoms with Gasteiger partial charge in [-0.25, -0.2) is 0 Å². The van der Waals surface area contributed by atoms with Gasteiger partial charge in [-0.2, -0.15) is 0 Å². The zero-order chi connectivity index (χ0) is 14.7. The Labute approximate surface area is 118 Å². The van der Waals surface area contributed by atoms with Crippen LogP contribution in [0.5, 0.6) is 0 Å². The molecule has 0 aliphatic heterocycles. The summed E-state index contributed by atoms with van der Waals surface area (Å²) in [5.41, 5.74) is 10.4. The Bertz CT molecular complexity index is 621. The van der Waals surface area contributed by atoms with E-state index in [9.17, 15) is 10.1 Å². The molecular formula is C16H18N2O2. The van der Waals surface area contributed by atoms with Crippen molar-refractivity contribution in [3.63, 3.8) is 0 Å². The van der Waals surface area contributed by atoms with Crippen molar-refractivity contribution < 1.29 is 4.92 Å². The van der Waals surface area contributed by atoms with E-state index in [1.807, 2.05) is 38.1 Å². The molecule has 0 amide bonds. The van der Waals surface area contributed by atoms with E-state index in [1.54, 1.807) is 12.1 Å². The molecule has 2 aromatic rings. The standard InChI is InChI=1S/C16H18N2O2/c1-3-12-8-9-14(18(19)20)10-15(12)16(17)13-6-4-11(2)5-7-13/h4-10,16H,3,17H2,1-2H3. The summed E-state index contributed by atoms with van der Waals surface area (Å²) in [4.78, 5) is 10.5. The molecule has 20 heavy (non-hydrogen) atoms. The summed E-state index contributed by atoms with van der Waals surface area (Å²) in [6.45, 7) is 4.03. The van der Waals surface area contributed by atoms with Crippen LogP contribution >= 0.6 is 0 Å². The normalized spacial score (nSPS) is 12.2. The molecule has 0 aliphatic rings. The van der Waals surface area contributed by atoms with Gasteiger partial charge in [0.25, 0.3) is 5.69 Å². The fourth-order valence-corrected chi connectivity index (χ4v) is 2.26. The number of hydrogen-bond acceptors (Lipinski definition) is 3. The van der Waals surface area contributed by atoms with Crippen LogP contribution in [-0.4, -0.2) is 4.92 Å². The lowest BCUT2D eigenvalue weighted by molar-refractivity contribution is -0.384. The molecule has 1 atom stereocenters. The highest BCUT2D eigenvalue weighted by atomic mass is 16.6. The monoisotopic (exact) mass is 270 g/mol. The average Bonchev–Trinajstić information content (AvgIpc) is 2.46. The third-order valence-corrected chi connectivity index (χ3v) is 3.49. The van der Waals surface area contributed by atoms with Crippen LogP contribution in [0.4, 0.5) is 5.69 Å². The van der Waals surface area contributed by atoms with Gasteiger partial charge in [-0.3, -0.25) is 10.1 Å². The van der Waals surface area contributed by atoms with Crippen molar-refractivity contribution in [1.82, 2.24) is 0 Å². The molecule has 2 N–H and O–H groups in total. The zero-order valence-electron chi connectivity index (χ0n) is 11.7. The second-order valence-electron chi connectivity index (χ2n) is 4.88. The van der Waals surface area contributed by atoms with E-state index >= 15 is 0 Å². The summed E-state index contributed by atoms with van der Waals surface area (Å²) >= 11 is 0. The maximum Gasteiger partial charge on any atom is 0.269 e. The largest absolute Gasteiger partial charge is 0.320 e. The molecule has 104 valence electrons. The topological polar surface area (TPSA) is 69.2 Å². The zero-order valence-corrected chi connectivity index (χ0v) is 11.7. The molecule has 0 spiro atoms. The number of hydrogen-bond donors (Lipinski definition) is 1. The smallest absolute Gasteiger partial charge is 0.269 e. The van der Waals surface area contributed by atoms with Crippen molar-refractivity contribution >= 4 is 5.69 Å². The highest BCUT2D eigenvalue weighted by Crippen LogP contribution is 2.27. The molecule has 0 aliphatic carbocycles. The van der Waals surface area contributed by atoms with Gasteiger partial charge >= 0.3 is 0 Å². The van der Waals surface area contributed by atoms with E-state index in [0.717, 1.165) is 28.7 Å². The Balaban J connectivity index is 2.46. The number of benzene rings is 2. The minimum atomic E-state index is -0.384. The first-order chi connectivity index (χ1) is 9.52. The van der Waals surface area contributed by atoms with Gasteiger partial charge in [0.1, 0.15) is 0 Å². The fraction of sp³-hybridized carbons (Fsp3) is 0.250. The Kier molecular flexibility index (Phi) is 4.15. The number of nitro groups is 1. The highest BCUT2D eigenvalue weighted by Gasteiger charge is 2.16. The van der Waals surface area contributed by atoms with Gasteiger partial charge in [-0.05, 0) is 30.0 Å². The molecule has 2 rings (SSSR count). The third-order valence-electron chi connectivity index (χ3n) is 3.49. The van der Waals surface area contributed by atoms with Crippen molar-refractivity contribution in [1.29, 1.82) is 0 Å². The van der Waals surface area contributed by atoms with Crippen molar-refractivity contribution in [2.75, 3.05) is 0 Å². The summed E-state index contributed by atoms with van der Waals surface area (Å²) in [5.74, 6) is 0. The molecule has 0 saturated carbocycles. The third kappa shape index (κ3) is 2.86. The van der Waals surface area contributed by atoms with E-state index < -0.39 is 0 Å². The van der Waals surface area contributed by atoms with E-state index in [4.69, 9.17) is 5.73 Å². The lowest BCUT2D eigenvalue weighted by Gasteiger charge is -2.16. The van der Waals surface area contributed by atoms with Crippen LogP contribution in [-0.2, 0) is 6.42 Å². The lowest BCUT2D eigenvalue weighted by atomic mass is 9.93. The first kappa shape index (κ1) is 14.2. The molecule has 1 unspecified atom stereocenters. The van der Waals surface area contributed by atoms with E-state index in [1.165, 1.54) is 6.07 Å². The second kappa shape index (κ2) is 5.84. The van der Waals surface area contributed by atoms with E-state index in [2.05, 4.69) is 0 Å². The summed E-state index contributed by atoms with van der Waals surface area (Å²) in [6, 6.07) is 12.5. The van der Waals surface area contributed by atoms with Gasteiger partial charge in [-0.15, -0.1) is 0 Å². The number of nitrogens with two attached hydrogens (primary N) is 1. The number of rotatable bonds is 4. The number of nitrogens with zero attached hydrogens (tertiary/aromatic N) is 1. The van der Waals surface area contributed by atoms with Gasteiger partial charge in [0.05, 0.1) is 11.0 Å². The van der Waals surface area contributed by atoms with Crippen LogP contribution in [0, 0.1) is 17.0 Å². The quantitative estimate of drug-likeness (QED) is 0.682. The second-order valence-corrected chi connectivity index (χ2v) is 4.88. The van der Waals surface area contributed by atoms with Crippen molar-refractivity contribution in [3.8, 4) is 0 Å². The number of non-ortho nitro benzene ring substituents is 1. The van der Waals surface area contributed by atoms with Gasteiger partial charge in [0, 0.05) is 12.1 Å². The van der Waals surface area contributed by atoms with E-state index in [-0.39, 0.29) is 16.7 Å². The Hall–Kier alpha value is -2.20. The SMILES string of the molecule is CCc1ccc([N+](=O)[O-])cc1C(N)c1ccc(C)cc1. The minimum Gasteiger partial charge on any atom is -0.320 e. The van der Waals surface area contributed by atoms with Crippen LogP contribution < -0.4 is 5.73 Å². The molecule has 4 nitrogen and oxygen atoms in total. The predicted octanol–water partition coefficient (Wildman–Crippen LogP) is 3.51. The summed E-state index contributed by atoms with van der Waals surface area (Å²) < 4.78 is 0. The number of nitro benzene ring substituents is 1. The number of aryl methyl sites for hydroxylation is 2. The molecule has 4 heteroatoms. The molecule has 2 aromatic carbocycles. The lowest BCUT2D eigenvalue weighted by Crippen LogP contribution is -2.14. The summed E-state index contributed by atoms with van der Waals surface area (Å²) in [6.07, 6.45) is 0.799. The first-order valence-corrected chi connectivity index (χ1v) is 6.62. The van der Waals surface area contributed by atoms with Gasteiger partial charge in [-0.1, -0.05) is 42.8 Å². The maximum absolute atomic E-state index is 10.9. The molecule has 0 bridgehead atoms. The Morgan fingerprint density at radius 1 is 1.20 bits per heavy atom. The van der Waals surface area contributed by atoms with Crippen LogP contribution in [0.25, 0.3) is 0 Å². The minimum absolute atomic E-state index is 0.0831. The molecule has 0 aromatic heterocycles. The van der Waals surface area contributed by atoms with Crippen LogP contribution in [0.3, 0.4) is 0 Å². The van der Waals surface area contributed by atoms with Crippen molar-refractivity contribution in [2.45, 2.75) is 26.3 Å². The predicted molar refractivity (Wildman–Crippen MR) is 79.7 cm³/mol. The fourth-order valence-electron chi connectivity index (χ4n) is 2.26. The Morgan fingerprint density at radius 3 is 2.40 bits per heavy atom. The maximum atomic E-state index is 10.9. The highest BCUT2D eigenvalue weighted by molar-refractivity contribution is 5.45. The van der Waals surface area contributed by atoms with Crippen molar-refractivity contribution in [3.05, 3.63) is 74.8 Å². The molecule has 0 heterocycles. The van der Waals surface area contributed by atoms with Crippen LogP contribution in [0.1, 0.15) is 35.2 Å². The van der Waals surface area contributed by atoms with Gasteiger partial charge in [0.15, 0.2) is 0 Å². The van der Waals surface area contributed by atoms with E-state index in [0.29, 0.717) is 0 Å². The molecule has 0 fully saturated rings. The van der Waals surface area contributed by atoms with Gasteiger partial charge in [0.2, 0.25) is 0 Å². The Morgan fingerprint density at radius 2 is 1.85 bits per heavy atom. The van der Waals surface area contributed by atoms with Crippen molar-refractivity contribution in [2.24, 2.45) is 5.73 Å². The van der Waals surface area contributed by atoms with Gasteiger partial charge < -0.3 is 5.73 Å². The molecule has 0 radical (unpaired) electrons. The molecule has 0 saturated heterocycles. The first-order valence-electron chi connectivity index (χ1n) is 6.62. The summed E-state index contributed by atoms with van der Waals surface area (Å²) in [7, 11) is 0.